The highest BCUT2D eigenvalue weighted by Gasteiger charge is 2.26. The summed E-state index contributed by atoms with van der Waals surface area (Å²) in [5, 5.41) is 11.8. The first-order valence-corrected chi connectivity index (χ1v) is 9.56. The second-order valence-electron chi connectivity index (χ2n) is 7.08. The van der Waals surface area contributed by atoms with Crippen LogP contribution in [0.4, 0.5) is 11.5 Å². The molecule has 1 aliphatic heterocycles. The Morgan fingerprint density at radius 3 is 2.43 bits per heavy atom. The van der Waals surface area contributed by atoms with Crippen molar-refractivity contribution in [2.24, 2.45) is 5.92 Å². The largest absolute Gasteiger partial charge is 0.355 e. The predicted octanol–water partition coefficient (Wildman–Crippen LogP) is 3.70. The molecule has 1 aliphatic rings. The minimum Gasteiger partial charge on any atom is -0.355 e. The molecule has 6 nitrogen and oxygen atoms in total. The van der Waals surface area contributed by atoms with E-state index in [-0.39, 0.29) is 11.8 Å². The summed E-state index contributed by atoms with van der Waals surface area (Å²) in [5.74, 6) is 0.959. The van der Waals surface area contributed by atoms with Crippen LogP contribution in [0.5, 0.6) is 0 Å². The van der Waals surface area contributed by atoms with Crippen molar-refractivity contribution >= 4 is 17.4 Å². The van der Waals surface area contributed by atoms with Crippen molar-refractivity contribution in [2.75, 3.05) is 23.3 Å². The van der Waals surface area contributed by atoms with E-state index in [1.165, 1.54) is 5.56 Å². The highest BCUT2D eigenvalue weighted by atomic mass is 16.1. The summed E-state index contributed by atoms with van der Waals surface area (Å²) in [6, 6.07) is 15.8. The van der Waals surface area contributed by atoms with Crippen LogP contribution in [-0.2, 0) is 4.79 Å². The van der Waals surface area contributed by atoms with Crippen LogP contribution < -0.4 is 10.2 Å². The second kappa shape index (κ2) is 8.17. The molecule has 6 heteroatoms. The Bertz CT molecular complexity index is 935. The van der Waals surface area contributed by atoms with Gasteiger partial charge in [0.25, 0.3) is 0 Å². The summed E-state index contributed by atoms with van der Waals surface area (Å²) in [7, 11) is 0. The number of piperidine rings is 1. The maximum atomic E-state index is 12.5. The Kier molecular flexibility index (Phi) is 5.28. The lowest BCUT2D eigenvalue weighted by Gasteiger charge is -2.31. The number of amides is 1. The molecular formula is C22H23N5O. The molecule has 1 amide bonds. The van der Waals surface area contributed by atoms with Crippen LogP contribution in [0.25, 0.3) is 11.3 Å². The molecule has 1 saturated heterocycles. The zero-order chi connectivity index (χ0) is 19.3. The highest BCUT2D eigenvalue weighted by Crippen LogP contribution is 2.25. The Labute approximate surface area is 164 Å². The number of nitrogens with one attached hydrogen (secondary N) is 1. The van der Waals surface area contributed by atoms with Gasteiger partial charge in [-0.1, -0.05) is 24.3 Å². The molecule has 3 heterocycles. The number of aryl methyl sites for hydroxylation is 1. The Morgan fingerprint density at radius 2 is 1.75 bits per heavy atom. The molecule has 1 aromatic carbocycles. The third kappa shape index (κ3) is 4.01. The van der Waals surface area contributed by atoms with Crippen molar-refractivity contribution in [3.8, 4) is 11.3 Å². The van der Waals surface area contributed by atoms with Crippen molar-refractivity contribution in [3.63, 3.8) is 0 Å². The van der Waals surface area contributed by atoms with Gasteiger partial charge < -0.3 is 10.2 Å². The number of rotatable bonds is 4. The smallest absolute Gasteiger partial charge is 0.227 e. The van der Waals surface area contributed by atoms with Crippen molar-refractivity contribution < 1.29 is 4.79 Å². The summed E-state index contributed by atoms with van der Waals surface area (Å²) in [4.78, 5) is 18.6. The van der Waals surface area contributed by atoms with Crippen molar-refractivity contribution in [1.82, 2.24) is 15.2 Å². The fourth-order valence-electron chi connectivity index (χ4n) is 3.55. The standard InChI is InChI=1S/C22H23N5O/c1-16-4-2-3-5-19(16)20-6-7-21(26-25-20)27-14-10-17(11-15-27)22(28)24-18-8-12-23-13-9-18/h2-9,12-13,17H,10-11,14-15H2,1H3,(H,23,24,28). The number of benzene rings is 1. The van der Waals surface area contributed by atoms with Gasteiger partial charge in [0.05, 0.1) is 5.69 Å². The van der Waals surface area contributed by atoms with Crippen LogP contribution in [0.15, 0.2) is 60.9 Å². The molecule has 0 atom stereocenters. The molecule has 0 unspecified atom stereocenters. The number of anilines is 2. The maximum Gasteiger partial charge on any atom is 0.227 e. The van der Waals surface area contributed by atoms with Gasteiger partial charge in [0.15, 0.2) is 5.82 Å². The average Bonchev–Trinajstić information content (AvgIpc) is 2.75. The van der Waals surface area contributed by atoms with E-state index in [9.17, 15) is 4.79 Å². The molecule has 142 valence electrons. The topological polar surface area (TPSA) is 71.0 Å². The van der Waals surface area contributed by atoms with E-state index in [2.05, 4.69) is 44.5 Å². The summed E-state index contributed by atoms with van der Waals surface area (Å²) in [6.07, 6.45) is 4.96. The van der Waals surface area contributed by atoms with Gasteiger partial charge in [-0.3, -0.25) is 9.78 Å². The van der Waals surface area contributed by atoms with Gasteiger partial charge >= 0.3 is 0 Å². The molecule has 2 aromatic heterocycles. The van der Waals surface area contributed by atoms with Crippen molar-refractivity contribution in [2.45, 2.75) is 19.8 Å². The van der Waals surface area contributed by atoms with Crippen LogP contribution in [0, 0.1) is 12.8 Å². The molecule has 1 fully saturated rings. The van der Waals surface area contributed by atoms with E-state index in [1.54, 1.807) is 24.5 Å². The summed E-state index contributed by atoms with van der Waals surface area (Å²) in [5.41, 5.74) is 3.96. The summed E-state index contributed by atoms with van der Waals surface area (Å²) >= 11 is 0. The van der Waals surface area contributed by atoms with Gasteiger partial charge in [0.2, 0.25) is 5.91 Å². The third-order valence-electron chi connectivity index (χ3n) is 5.21. The van der Waals surface area contributed by atoms with Crippen LogP contribution in [-0.4, -0.2) is 34.2 Å². The average molecular weight is 373 g/mol. The summed E-state index contributed by atoms with van der Waals surface area (Å²) in [6.45, 7) is 3.67. The van der Waals surface area contributed by atoms with Gasteiger partial charge in [-0.15, -0.1) is 10.2 Å². The number of nitrogens with zero attached hydrogens (tertiary/aromatic N) is 4. The Balaban J connectivity index is 1.36. The van der Waals surface area contributed by atoms with Crippen LogP contribution in [0.2, 0.25) is 0 Å². The van der Waals surface area contributed by atoms with Crippen LogP contribution in [0.1, 0.15) is 18.4 Å². The van der Waals surface area contributed by atoms with Gasteiger partial charge in [0.1, 0.15) is 0 Å². The molecule has 4 rings (SSSR count). The number of hydrogen-bond acceptors (Lipinski definition) is 5. The van der Waals surface area contributed by atoms with Crippen molar-refractivity contribution in [3.05, 3.63) is 66.5 Å². The first-order valence-electron chi connectivity index (χ1n) is 9.56. The normalized spacial score (nSPS) is 14.7. The van der Waals surface area contributed by atoms with E-state index in [1.807, 2.05) is 24.3 Å². The van der Waals surface area contributed by atoms with Gasteiger partial charge in [-0.25, -0.2) is 0 Å². The summed E-state index contributed by atoms with van der Waals surface area (Å²) < 4.78 is 0. The zero-order valence-corrected chi connectivity index (χ0v) is 15.9. The number of carbonyl (C=O) groups is 1. The minimum absolute atomic E-state index is 0.0172. The van der Waals surface area contributed by atoms with E-state index in [4.69, 9.17) is 0 Å². The maximum absolute atomic E-state index is 12.5. The lowest BCUT2D eigenvalue weighted by molar-refractivity contribution is -0.120. The Hall–Kier alpha value is -3.28. The lowest BCUT2D eigenvalue weighted by atomic mass is 9.96. The molecule has 0 radical (unpaired) electrons. The minimum atomic E-state index is 0.0172. The third-order valence-corrected chi connectivity index (χ3v) is 5.21. The van der Waals surface area contributed by atoms with Gasteiger partial charge in [-0.2, -0.15) is 0 Å². The highest BCUT2D eigenvalue weighted by molar-refractivity contribution is 5.92. The first-order chi connectivity index (χ1) is 13.7. The fraction of sp³-hybridized carbons (Fsp3) is 0.273. The molecule has 3 aromatic rings. The monoisotopic (exact) mass is 373 g/mol. The molecule has 0 aliphatic carbocycles. The molecular weight excluding hydrogens is 350 g/mol. The van der Waals surface area contributed by atoms with E-state index < -0.39 is 0 Å². The molecule has 0 bridgehead atoms. The quantitative estimate of drug-likeness (QED) is 0.755. The van der Waals surface area contributed by atoms with Crippen LogP contribution in [0.3, 0.4) is 0 Å². The lowest BCUT2D eigenvalue weighted by Crippen LogP contribution is -2.38. The first kappa shape index (κ1) is 18.1. The van der Waals surface area contributed by atoms with Crippen molar-refractivity contribution in [1.29, 1.82) is 0 Å². The van der Waals surface area contributed by atoms with Crippen LogP contribution >= 0.6 is 0 Å². The fourth-order valence-corrected chi connectivity index (χ4v) is 3.55. The SMILES string of the molecule is Cc1ccccc1-c1ccc(N2CCC(C(=O)Nc3ccncc3)CC2)nn1. The number of carbonyl (C=O) groups excluding carboxylic acids is 1. The van der Waals surface area contributed by atoms with Gasteiger partial charge in [0, 0.05) is 42.7 Å². The second-order valence-corrected chi connectivity index (χ2v) is 7.08. The number of aromatic nitrogens is 3. The molecule has 1 N–H and O–H groups in total. The molecule has 28 heavy (non-hydrogen) atoms. The van der Waals surface area contributed by atoms with E-state index in [0.717, 1.165) is 48.7 Å². The Morgan fingerprint density at radius 1 is 1.00 bits per heavy atom. The number of pyridine rings is 1. The molecule has 0 spiro atoms. The number of hydrogen-bond donors (Lipinski definition) is 1. The van der Waals surface area contributed by atoms with Gasteiger partial charge in [-0.05, 0) is 49.6 Å². The van der Waals surface area contributed by atoms with E-state index >= 15 is 0 Å². The zero-order valence-electron chi connectivity index (χ0n) is 15.9. The molecule has 0 saturated carbocycles. The predicted molar refractivity (Wildman–Crippen MR) is 110 cm³/mol. The van der Waals surface area contributed by atoms with E-state index in [0.29, 0.717) is 0 Å².